The van der Waals surface area contributed by atoms with Crippen molar-refractivity contribution in [2.45, 2.75) is 11.8 Å². The number of likely N-dealkylation sites (N-methyl/N-ethyl adjacent to an activating group) is 1. The Bertz CT molecular complexity index is 1130. The second-order valence-electron chi connectivity index (χ2n) is 5.76. The first-order valence-corrected chi connectivity index (χ1v) is 10.9. The van der Waals surface area contributed by atoms with Crippen LogP contribution >= 0.6 is 24.0 Å². The smallest absolute Gasteiger partial charge is 0.346 e. The molecule has 1 saturated heterocycles. The fourth-order valence-electron chi connectivity index (χ4n) is 2.53. The van der Waals surface area contributed by atoms with Gasteiger partial charge in [-0.05, 0) is 36.8 Å². The third-order valence-electron chi connectivity index (χ3n) is 3.90. The van der Waals surface area contributed by atoms with Gasteiger partial charge >= 0.3 is 10.1 Å². The molecule has 0 saturated carbocycles. The molecule has 2 aromatic rings. The zero-order chi connectivity index (χ0) is 21.2. The molecular weight excluding hydrogens is 436 g/mol. The summed E-state index contributed by atoms with van der Waals surface area (Å²) in [7, 11) is -4.39. The van der Waals surface area contributed by atoms with Gasteiger partial charge in [0.05, 0.1) is 9.83 Å². The van der Waals surface area contributed by atoms with Gasteiger partial charge in [-0.2, -0.15) is 8.42 Å². The van der Waals surface area contributed by atoms with E-state index in [9.17, 15) is 23.3 Å². The molecule has 0 N–H and O–H groups in total. The molecule has 8 nitrogen and oxygen atoms in total. The van der Waals surface area contributed by atoms with Crippen molar-refractivity contribution in [3.05, 3.63) is 69.1 Å². The third kappa shape index (κ3) is 4.47. The van der Waals surface area contributed by atoms with E-state index >= 15 is 0 Å². The zero-order valence-corrected chi connectivity index (χ0v) is 17.4. The molecule has 0 aliphatic carbocycles. The van der Waals surface area contributed by atoms with Crippen molar-refractivity contribution in [1.82, 2.24) is 4.90 Å². The van der Waals surface area contributed by atoms with Crippen LogP contribution in [-0.2, 0) is 14.9 Å². The minimum absolute atomic E-state index is 0.0126. The highest BCUT2D eigenvalue weighted by molar-refractivity contribution is 8.26. The van der Waals surface area contributed by atoms with Crippen LogP contribution in [0.4, 0.5) is 5.69 Å². The van der Waals surface area contributed by atoms with Crippen LogP contribution in [0.25, 0.3) is 6.08 Å². The van der Waals surface area contributed by atoms with Gasteiger partial charge in [0, 0.05) is 12.6 Å². The Morgan fingerprint density at radius 1 is 1.21 bits per heavy atom. The van der Waals surface area contributed by atoms with Crippen molar-refractivity contribution >= 4 is 56.1 Å². The SMILES string of the molecule is CCN1C(=O)/C(=C\c2ccc(OS(=O)(=O)c3ccccc3[N+](=O)[O-])cc2)SC1=S. The standard InChI is InChI=1S/C18H14N2O6S3/c1-2-19-17(21)15(28-18(19)27)11-12-7-9-13(10-8-12)26-29(24,25)16-6-4-3-5-14(16)20(22)23/h3-11H,2H2,1H3/b15-11+. The Labute approximate surface area is 176 Å². The highest BCUT2D eigenvalue weighted by Gasteiger charge is 2.30. The number of carbonyl (C=O) groups excluding carboxylic acids is 1. The number of para-hydroxylation sites is 1. The largest absolute Gasteiger partial charge is 0.379 e. The topological polar surface area (TPSA) is 107 Å². The van der Waals surface area contributed by atoms with Crippen LogP contribution in [0, 0.1) is 10.1 Å². The summed E-state index contributed by atoms with van der Waals surface area (Å²) in [5, 5.41) is 11.1. The number of nitrogens with zero attached hydrogens (tertiary/aromatic N) is 2. The predicted molar refractivity (Wildman–Crippen MR) is 113 cm³/mol. The highest BCUT2D eigenvalue weighted by Crippen LogP contribution is 2.33. The maximum absolute atomic E-state index is 12.4. The summed E-state index contributed by atoms with van der Waals surface area (Å²) >= 11 is 6.35. The van der Waals surface area contributed by atoms with Gasteiger partial charge in [-0.25, -0.2) is 0 Å². The lowest BCUT2D eigenvalue weighted by atomic mass is 10.2. The molecule has 0 spiro atoms. The number of hydrogen-bond donors (Lipinski definition) is 0. The van der Waals surface area contributed by atoms with Crippen LogP contribution in [-0.4, -0.2) is 35.0 Å². The van der Waals surface area contributed by atoms with E-state index in [1.807, 2.05) is 6.92 Å². The number of amides is 1. The van der Waals surface area contributed by atoms with Crippen molar-refractivity contribution in [2.75, 3.05) is 6.54 Å². The Hall–Kier alpha value is -2.76. The number of rotatable bonds is 6. The third-order valence-corrected chi connectivity index (χ3v) is 6.58. The first kappa shape index (κ1) is 21.0. The molecule has 0 atom stereocenters. The fourth-order valence-corrected chi connectivity index (χ4v) is 5.02. The molecule has 2 aromatic carbocycles. The second kappa shape index (κ2) is 8.31. The summed E-state index contributed by atoms with van der Waals surface area (Å²) in [6.45, 7) is 2.32. The summed E-state index contributed by atoms with van der Waals surface area (Å²) in [6.07, 6.45) is 1.65. The monoisotopic (exact) mass is 450 g/mol. The van der Waals surface area contributed by atoms with Crippen LogP contribution in [0.5, 0.6) is 5.75 Å². The molecule has 0 aromatic heterocycles. The van der Waals surface area contributed by atoms with E-state index in [2.05, 4.69) is 0 Å². The van der Waals surface area contributed by atoms with Crippen molar-refractivity contribution < 1.29 is 22.3 Å². The van der Waals surface area contributed by atoms with E-state index in [0.29, 0.717) is 21.3 Å². The lowest BCUT2D eigenvalue weighted by molar-refractivity contribution is -0.387. The maximum Gasteiger partial charge on any atom is 0.346 e. The van der Waals surface area contributed by atoms with Gasteiger partial charge in [-0.15, -0.1) is 0 Å². The number of thiocarbonyl (C=S) groups is 1. The van der Waals surface area contributed by atoms with Crippen molar-refractivity contribution in [3.63, 3.8) is 0 Å². The first-order valence-electron chi connectivity index (χ1n) is 8.26. The van der Waals surface area contributed by atoms with Gasteiger partial charge in [-0.3, -0.25) is 19.8 Å². The molecule has 11 heteroatoms. The van der Waals surface area contributed by atoms with Crippen LogP contribution in [0.1, 0.15) is 12.5 Å². The summed E-state index contributed by atoms with van der Waals surface area (Å²) in [5.74, 6) is -0.191. The van der Waals surface area contributed by atoms with Gasteiger partial charge in [0.2, 0.25) is 0 Å². The van der Waals surface area contributed by atoms with Gasteiger partial charge in [0.15, 0.2) is 4.90 Å². The maximum atomic E-state index is 12.4. The van der Waals surface area contributed by atoms with Crippen LogP contribution in [0.15, 0.2) is 58.3 Å². The second-order valence-corrected chi connectivity index (χ2v) is 8.95. The molecule has 150 valence electrons. The summed E-state index contributed by atoms with van der Waals surface area (Å²) < 4.78 is 30.4. The van der Waals surface area contributed by atoms with E-state index in [0.717, 1.165) is 12.1 Å². The molecule has 29 heavy (non-hydrogen) atoms. The van der Waals surface area contributed by atoms with Gasteiger partial charge < -0.3 is 4.18 Å². The number of hydrogen-bond acceptors (Lipinski definition) is 8. The predicted octanol–water partition coefficient (Wildman–Crippen LogP) is 3.58. The minimum Gasteiger partial charge on any atom is -0.379 e. The van der Waals surface area contributed by atoms with Gasteiger partial charge in [-0.1, -0.05) is 48.2 Å². The van der Waals surface area contributed by atoms with Crippen molar-refractivity contribution in [2.24, 2.45) is 0 Å². The molecule has 0 unspecified atom stereocenters. The first-order chi connectivity index (χ1) is 13.7. The van der Waals surface area contributed by atoms with Gasteiger partial charge in [0.1, 0.15) is 10.1 Å². The fraction of sp³-hybridized carbons (Fsp3) is 0.111. The lowest BCUT2D eigenvalue weighted by Gasteiger charge is -2.09. The van der Waals surface area contributed by atoms with Gasteiger partial charge in [0.25, 0.3) is 11.6 Å². The molecule has 1 aliphatic heterocycles. The highest BCUT2D eigenvalue weighted by atomic mass is 32.2. The number of benzene rings is 2. The number of nitro benzene ring substituents is 1. The van der Waals surface area contributed by atoms with Crippen LogP contribution in [0.2, 0.25) is 0 Å². The van der Waals surface area contributed by atoms with Crippen molar-refractivity contribution in [3.8, 4) is 5.75 Å². The summed E-state index contributed by atoms with van der Waals surface area (Å²) in [6, 6.07) is 10.9. The zero-order valence-electron chi connectivity index (χ0n) is 15.0. The van der Waals surface area contributed by atoms with Crippen LogP contribution < -0.4 is 4.18 Å². The molecule has 1 aliphatic rings. The Kier molecular flexibility index (Phi) is 6.01. The number of thioether (sulfide) groups is 1. The molecule has 1 amide bonds. The number of carbonyl (C=O) groups is 1. The molecular formula is C18H14N2O6S3. The number of nitro groups is 1. The average molecular weight is 451 g/mol. The molecule has 1 fully saturated rings. The molecule has 3 rings (SSSR count). The molecule has 1 heterocycles. The minimum atomic E-state index is -4.39. The lowest BCUT2D eigenvalue weighted by Crippen LogP contribution is -2.27. The Morgan fingerprint density at radius 3 is 2.45 bits per heavy atom. The quantitative estimate of drug-likeness (QED) is 0.216. The van der Waals surface area contributed by atoms with Crippen molar-refractivity contribution in [1.29, 1.82) is 0 Å². The van der Waals surface area contributed by atoms with E-state index in [1.54, 1.807) is 18.2 Å². The molecule has 0 bridgehead atoms. The normalized spacial score (nSPS) is 15.8. The van der Waals surface area contributed by atoms with Crippen LogP contribution in [0.3, 0.4) is 0 Å². The summed E-state index contributed by atoms with van der Waals surface area (Å²) in [4.78, 5) is 23.9. The van der Waals surface area contributed by atoms with E-state index in [1.165, 1.54) is 40.9 Å². The van der Waals surface area contributed by atoms with E-state index in [-0.39, 0.29) is 11.7 Å². The Morgan fingerprint density at radius 2 is 1.86 bits per heavy atom. The Balaban J connectivity index is 1.81. The molecule has 0 radical (unpaired) electrons. The van der Waals surface area contributed by atoms with E-state index < -0.39 is 25.6 Å². The van der Waals surface area contributed by atoms with E-state index in [4.69, 9.17) is 16.4 Å². The average Bonchev–Trinajstić information content (AvgIpc) is 2.95. The summed E-state index contributed by atoms with van der Waals surface area (Å²) in [5.41, 5.74) is 0.0825.